The molecule has 1 aromatic rings. The van der Waals surface area contributed by atoms with Crippen LogP contribution in [0.5, 0.6) is 0 Å². The first-order chi connectivity index (χ1) is 10.5. The smallest absolute Gasteiger partial charge is 0.354 e. The van der Waals surface area contributed by atoms with E-state index in [4.69, 9.17) is 4.74 Å². The van der Waals surface area contributed by atoms with Crippen LogP contribution in [-0.2, 0) is 9.53 Å². The maximum absolute atomic E-state index is 13.1. The molecule has 0 aliphatic carbocycles. The van der Waals surface area contributed by atoms with Gasteiger partial charge >= 0.3 is 6.18 Å². The average molecular weight is 316 g/mol. The number of carbonyl (C=O) groups is 1. The molecule has 0 spiro atoms. The van der Waals surface area contributed by atoms with Crippen LogP contribution in [0.15, 0.2) is 30.3 Å². The molecular weight excluding hydrogens is 297 g/mol. The molecule has 122 valence electrons. The number of alkyl halides is 3. The van der Waals surface area contributed by atoms with E-state index in [0.29, 0.717) is 19.6 Å². The lowest BCUT2D eigenvalue weighted by Crippen LogP contribution is -2.38. The SMILES string of the molecule is O=C(CO[C@H](c1ccccc1)C(F)(F)F)N1CCCNCC1. The highest BCUT2D eigenvalue weighted by molar-refractivity contribution is 5.77. The van der Waals surface area contributed by atoms with Gasteiger partial charge in [0.05, 0.1) is 0 Å². The van der Waals surface area contributed by atoms with Crippen molar-refractivity contribution in [2.45, 2.75) is 18.7 Å². The van der Waals surface area contributed by atoms with Crippen molar-refractivity contribution in [1.82, 2.24) is 10.2 Å². The normalized spacial score (nSPS) is 17.9. The number of amides is 1. The summed E-state index contributed by atoms with van der Waals surface area (Å²) in [5, 5.41) is 3.13. The van der Waals surface area contributed by atoms with Gasteiger partial charge in [0.1, 0.15) is 6.61 Å². The summed E-state index contributed by atoms with van der Waals surface area (Å²) >= 11 is 0. The molecule has 1 aliphatic heterocycles. The predicted molar refractivity (Wildman–Crippen MR) is 75.3 cm³/mol. The minimum absolute atomic E-state index is 0.000308. The second-order valence-corrected chi connectivity index (χ2v) is 5.13. The Bertz CT molecular complexity index is 471. The number of halogens is 3. The first-order valence-electron chi connectivity index (χ1n) is 7.20. The molecule has 2 rings (SSSR count). The highest BCUT2D eigenvalue weighted by atomic mass is 19.4. The molecule has 1 amide bonds. The van der Waals surface area contributed by atoms with Crippen LogP contribution in [0.25, 0.3) is 0 Å². The highest BCUT2D eigenvalue weighted by Gasteiger charge is 2.42. The zero-order valence-electron chi connectivity index (χ0n) is 12.1. The topological polar surface area (TPSA) is 41.6 Å². The van der Waals surface area contributed by atoms with Crippen LogP contribution in [0.2, 0.25) is 0 Å². The molecule has 0 aromatic heterocycles. The van der Waals surface area contributed by atoms with Gasteiger partial charge in [-0.3, -0.25) is 4.79 Å². The zero-order chi connectivity index (χ0) is 16.0. The molecule has 1 fully saturated rings. The number of benzene rings is 1. The highest BCUT2D eigenvalue weighted by Crippen LogP contribution is 2.35. The Labute approximate surface area is 127 Å². The standard InChI is InChI=1S/C15H19F3N2O2/c16-15(17,18)14(12-5-2-1-3-6-12)22-11-13(21)20-9-4-7-19-8-10-20/h1-3,5-6,14,19H,4,7-11H2/t14-/m1/s1. The number of nitrogens with zero attached hydrogens (tertiary/aromatic N) is 1. The lowest BCUT2D eigenvalue weighted by Gasteiger charge is -2.24. The van der Waals surface area contributed by atoms with Gasteiger partial charge < -0.3 is 15.0 Å². The monoisotopic (exact) mass is 316 g/mol. The largest absolute Gasteiger partial charge is 0.418 e. The van der Waals surface area contributed by atoms with E-state index in [2.05, 4.69) is 5.32 Å². The summed E-state index contributed by atoms with van der Waals surface area (Å²) in [6.07, 6.45) is -5.85. The number of nitrogens with one attached hydrogen (secondary N) is 1. The molecule has 1 heterocycles. The van der Waals surface area contributed by atoms with Crippen LogP contribution < -0.4 is 5.32 Å². The number of hydrogen-bond acceptors (Lipinski definition) is 3. The molecule has 1 aromatic carbocycles. The first kappa shape index (κ1) is 16.8. The third-order valence-corrected chi connectivity index (χ3v) is 3.47. The average Bonchev–Trinajstić information content (AvgIpc) is 2.76. The van der Waals surface area contributed by atoms with Crippen LogP contribution in [0, 0.1) is 0 Å². The minimum Gasteiger partial charge on any atom is -0.354 e. The fourth-order valence-corrected chi connectivity index (χ4v) is 2.35. The van der Waals surface area contributed by atoms with E-state index in [1.165, 1.54) is 24.3 Å². The van der Waals surface area contributed by atoms with Crippen molar-refractivity contribution < 1.29 is 22.7 Å². The molecule has 1 N–H and O–H groups in total. The molecular formula is C15H19F3N2O2. The van der Waals surface area contributed by atoms with Gasteiger partial charge in [0.2, 0.25) is 5.91 Å². The van der Waals surface area contributed by atoms with E-state index in [1.807, 2.05) is 0 Å². The van der Waals surface area contributed by atoms with E-state index in [1.54, 1.807) is 11.0 Å². The third kappa shape index (κ3) is 4.71. The summed E-state index contributed by atoms with van der Waals surface area (Å²) in [6.45, 7) is 1.91. The molecule has 1 aliphatic rings. The quantitative estimate of drug-likeness (QED) is 0.925. The van der Waals surface area contributed by atoms with Gasteiger partial charge in [0.15, 0.2) is 6.10 Å². The number of rotatable bonds is 4. The summed E-state index contributed by atoms with van der Waals surface area (Å²) in [5.74, 6) is -0.408. The van der Waals surface area contributed by atoms with Gasteiger partial charge in [-0.05, 0) is 18.5 Å². The van der Waals surface area contributed by atoms with Gasteiger partial charge in [-0.15, -0.1) is 0 Å². The van der Waals surface area contributed by atoms with Gasteiger partial charge in [-0.2, -0.15) is 13.2 Å². The fourth-order valence-electron chi connectivity index (χ4n) is 2.35. The molecule has 0 bridgehead atoms. The fraction of sp³-hybridized carbons (Fsp3) is 0.533. The summed E-state index contributed by atoms with van der Waals surface area (Å²) in [4.78, 5) is 13.6. The Kier molecular flexibility index (Phi) is 5.79. The van der Waals surface area contributed by atoms with Crippen molar-refractivity contribution in [3.8, 4) is 0 Å². The van der Waals surface area contributed by atoms with Crippen LogP contribution in [-0.4, -0.2) is 49.8 Å². The van der Waals surface area contributed by atoms with E-state index in [0.717, 1.165) is 13.0 Å². The van der Waals surface area contributed by atoms with Crippen molar-refractivity contribution in [2.24, 2.45) is 0 Å². The van der Waals surface area contributed by atoms with Crippen molar-refractivity contribution in [2.75, 3.05) is 32.8 Å². The van der Waals surface area contributed by atoms with Crippen molar-refractivity contribution in [3.05, 3.63) is 35.9 Å². The molecule has 1 saturated heterocycles. The summed E-state index contributed by atoms with van der Waals surface area (Å²) in [5.41, 5.74) is 0.000308. The number of carbonyl (C=O) groups excluding carboxylic acids is 1. The third-order valence-electron chi connectivity index (χ3n) is 3.47. The Morgan fingerprint density at radius 3 is 2.64 bits per heavy atom. The van der Waals surface area contributed by atoms with Crippen molar-refractivity contribution in [3.63, 3.8) is 0 Å². The van der Waals surface area contributed by atoms with Crippen LogP contribution in [0.1, 0.15) is 18.1 Å². The molecule has 0 unspecified atom stereocenters. The lowest BCUT2D eigenvalue weighted by atomic mass is 10.1. The Hall–Kier alpha value is -1.60. The maximum atomic E-state index is 13.1. The predicted octanol–water partition coefficient (Wildman–Crippen LogP) is 2.13. The maximum Gasteiger partial charge on any atom is 0.418 e. The second kappa shape index (κ2) is 7.60. The summed E-state index contributed by atoms with van der Waals surface area (Å²) in [7, 11) is 0. The Morgan fingerprint density at radius 2 is 1.95 bits per heavy atom. The van der Waals surface area contributed by atoms with E-state index in [-0.39, 0.29) is 5.56 Å². The Morgan fingerprint density at radius 1 is 1.23 bits per heavy atom. The number of hydrogen-bond donors (Lipinski definition) is 1. The van der Waals surface area contributed by atoms with E-state index in [9.17, 15) is 18.0 Å². The minimum atomic E-state index is -4.55. The number of ether oxygens (including phenoxy) is 1. The van der Waals surface area contributed by atoms with E-state index >= 15 is 0 Å². The van der Waals surface area contributed by atoms with Crippen LogP contribution in [0.3, 0.4) is 0 Å². The van der Waals surface area contributed by atoms with E-state index < -0.39 is 24.8 Å². The van der Waals surface area contributed by atoms with Gasteiger partial charge in [-0.1, -0.05) is 30.3 Å². The lowest BCUT2D eigenvalue weighted by molar-refractivity contribution is -0.224. The first-order valence-corrected chi connectivity index (χ1v) is 7.20. The van der Waals surface area contributed by atoms with Crippen LogP contribution >= 0.6 is 0 Å². The van der Waals surface area contributed by atoms with Gasteiger partial charge in [-0.25, -0.2) is 0 Å². The second-order valence-electron chi connectivity index (χ2n) is 5.13. The molecule has 7 heteroatoms. The van der Waals surface area contributed by atoms with Gasteiger partial charge in [0, 0.05) is 19.6 Å². The Balaban J connectivity index is 1.98. The zero-order valence-corrected chi connectivity index (χ0v) is 12.1. The molecule has 0 saturated carbocycles. The van der Waals surface area contributed by atoms with Gasteiger partial charge in [0.25, 0.3) is 0 Å². The summed E-state index contributed by atoms with van der Waals surface area (Å²) in [6, 6.07) is 7.35. The molecule has 4 nitrogen and oxygen atoms in total. The van der Waals surface area contributed by atoms with Crippen LogP contribution in [0.4, 0.5) is 13.2 Å². The summed E-state index contributed by atoms with van der Waals surface area (Å²) < 4.78 is 44.2. The van der Waals surface area contributed by atoms with Crippen molar-refractivity contribution in [1.29, 1.82) is 0 Å². The molecule has 22 heavy (non-hydrogen) atoms. The molecule has 1 atom stereocenters. The van der Waals surface area contributed by atoms with Crippen molar-refractivity contribution >= 4 is 5.91 Å². The molecule has 0 radical (unpaired) electrons.